The van der Waals surface area contributed by atoms with Crippen molar-refractivity contribution in [3.8, 4) is 0 Å². The lowest BCUT2D eigenvalue weighted by Gasteiger charge is -2.31. The van der Waals surface area contributed by atoms with Crippen molar-refractivity contribution < 1.29 is 13.2 Å². The van der Waals surface area contributed by atoms with Crippen molar-refractivity contribution in [3.05, 3.63) is 0 Å². The van der Waals surface area contributed by atoms with Crippen molar-refractivity contribution in [1.82, 2.24) is 19.8 Å². The van der Waals surface area contributed by atoms with Gasteiger partial charge in [-0.15, -0.1) is 0 Å². The highest BCUT2D eigenvalue weighted by Gasteiger charge is 2.30. The van der Waals surface area contributed by atoms with E-state index in [2.05, 4.69) is 15.5 Å². The van der Waals surface area contributed by atoms with E-state index in [0.29, 0.717) is 38.9 Å². The highest BCUT2D eigenvalue weighted by molar-refractivity contribution is 7.89. The van der Waals surface area contributed by atoms with Crippen LogP contribution in [-0.4, -0.2) is 81.6 Å². The van der Waals surface area contributed by atoms with Crippen LogP contribution < -0.4 is 10.6 Å². The minimum absolute atomic E-state index is 0.0503. The number of sulfonamides is 1. The zero-order chi connectivity index (χ0) is 17.4. The van der Waals surface area contributed by atoms with Crippen LogP contribution in [-0.2, 0) is 14.8 Å². The first kappa shape index (κ1) is 19.6. The monoisotopic (exact) mass is 360 g/mol. The van der Waals surface area contributed by atoms with Gasteiger partial charge in [0.05, 0.1) is 5.75 Å². The van der Waals surface area contributed by atoms with E-state index in [0.717, 1.165) is 39.1 Å². The number of hydrogen-bond acceptors (Lipinski definition) is 5. The van der Waals surface area contributed by atoms with Gasteiger partial charge in [0.15, 0.2) is 0 Å². The second-order valence-electron chi connectivity index (χ2n) is 6.73. The molecule has 0 aromatic rings. The molecule has 0 aromatic heterocycles. The van der Waals surface area contributed by atoms with Crippen LogP contribution >= 0.6 is 0 Å². The van der Waals surface area contributed by atoms with Crippen LogP contribution in [0.3, 0.4) is 0 Å². The van der Waals surface area contributed by atoms with Gasteiger partial charge in [-0.05, 0) is 19.3 Å². The van der Waals surface area contributed by atoms with Gasteiger partial charge in [-0.25, -0.2) is 12.7 Å². The molecule has 2 aliphatic heterocycles. The second kappa shape index (κ2) is 9.70. The maximum Gasteiger partial charge on any atom is 0.223 e. The van der Waals surface area contributed by atoms with Gasteiger partial charge >= 0.3 is 0 Å². The molecule has 0 bridgehead atoms. The smallest absolute Gasteiger partial charge is 0.223 e. The lowest BCUT2D eigenvalue weighted by Crippen LogP contribution is -2.47. The molecule has 0 atom stereocenters. The van der Waals surface area contributed by atoms with Crippen molar-refractivity contribution in [2.45, 2.75) is 32.6 Å². The Morgan fingerprint density at radius 1 is 1.17 bits per heavy atom. The summed E-state index contributed by atoms with van der Waals surface area (Å²) in [4.78, 5) is 14.6. The summed E-state index contributed by atoms with van der Waals surface area (Å²) < 4.78 is 25.9. The van der Waals surface area contributed by atoms with Crippen LogP contribution in [0, 0.1) is 5.92 Å². The molecular weight excluding hydrogens is 328 g/mol. The predicted molar refractivity (Wildman–Crippen MR) is 95.3 cm³/mol. The fraction of sp³-hybridized carbons (Fsp3) is 0.938. The summed E-state index contributed by atoms with van der Waals surface area (Å²) in [7, 11) is -3.14. The number of unbranched alkanes of at least 4 members (excludes halogenated alkanes) is 1. The largest absolute Gasteiger partial charge is 0.355 e. The van der Waals surface area contributed by atoms with Gasteiger partial charge in [-0.1, -0.05) is 13.3 Å². The van der Waals surface area contributed by atoms with E-state index in [4.69, 9.17) is 0 Å². The number of nitrogens with one attached hydrogen (secondary N) is 2. The first-order valence-corrected chi connectivity index (χ1v) is 10.8. The van der Waals surface area contributed by atoms with Gasteiger partial charge < -0.3 is 10.6 Å². The van der Waals surface area contributed by atoms with Gasteiger partial charge in [-0.3, -0.25) is 9.69 Å². The molecule has 24 heavy (non-hydrogen) atoms. The Morgan fingerprint density at radius 3 is 2.46 bits per heavy atom. The van der Waals surface area contributed by atoms with Gasteiger partial charge in [0.25, 0.3) is 0 Å². The lowest BCUT2D eigenvalue weighted by atomic mass is 9.97. The molecule has 0 aliphatic carbocycles. The Bertz CT molecular complexity index is 484. The maximum absolute atomic E-state index is 12.3. The molecule has 2 saturated heterocycles. The SMILES string of the molecule is CCCCS(=O)(=O)N1CCC(C(=O)NCCN2CCNCC2)CC1. The van der Waals surface area contributed by atoms with E-state index in [-0.39, 0.29) is 17.6 Å². The third-order valence-corrected chi connectivity index (χ3v) is 6.87. The first-order chi connectivity index (χ1) is 11.5. The minimum Gasteiger partial charge on any atom is -0.355 e. The third-order valence-electron chi connectivity index (χ3n) is 4.91. The molecule has 1 amide bonds. The maximum atomic E-state index is 12.3. The number of amides is 1. The summed E-state index contributed by atoms with van der Waals surface area (Å²) >= 11 is 0. The molecule has 0 saturated carbocycles. The van der Waals surface area contributed by atoms with E-state index in [1.165, 1.54) is 0 Å². The van der Waals surface area contributed by atoms with E-state index in [1.807, 2.05) is 6.92 Å². The summed E-state index contributed by atoms with van der Waals surface area (Å²) in [6, 6.07) is 0. The zero-order valence-electron chi connectivity index (χ0n) is 14.8. The molecule has 8 heteroatoms. The Kier molecular flexibility index (Phi) is 7.93. The first-order valence-electron chi connectivity index (χ1n) is 9.21. The fourth-order valence-electron chi connectivity index (χ4n) is 3.27. The summed E-state index contributed by atoms with van der Waals surface area (Å²) in [5.74, 6) is 0.256. The van der Waals surface area contributed by atoms with Gasteiger partial charge in [0.2, 0.25) is 15.9 Å². The van der Waals surface area contributed by atoms with E-state index < -0.39 is 10.0 Å². The van der Waals surface area contributed by atoms with E-state index in [9.17, 15) is 13.2 Å². The quantitative estimate of drug-likeness (QED) is 0.629. The average molecular weight is 361 g/mol. The van der Waals surface area contributed by atoms with Crippen LogP contribution in [0.1, 0.15) is 32.6 Å². The van der Waals surface area contributed by atoms with Crippen molar-refractivity contribution >= 4 is 15.9 Å². The average Bonchev–Trinajstić information content (AvgIpc) is 2.61. The van der Waals surface area contributed by atoms with E-state index >= 15 is 0 Å². The van der Waals surface area contributed by atoms with Crippen LogP contribution in [0.2, 0.25) is 0 Å². The molecule has 2 heterocycles. The van der Waals surface area contributed by atoms with Crippen LogP contribution in [0.4, 0.5) is 0 Å². The zero-order valence-corrected chi connectivity index (χ0v) is 15.6. The lowest BCUT2D eigenvalue weighted by molar-refractivity contribution is -0.126. The molecule has 0 radical (unpaired) electrons. The Hall–Kier alpha value is -0.700. The van der Waals surface area contributed by atoms with Crippen LogP contribution in [0.25, 0.3) is 0 Å². The summed E-state index contributed by atoms with van der Waals surface area (Å²) in [6.45, 7) is 8.59. The van der Waals surface area contributed by atoms with Crippen LogP contribution in [0.5, 0.6) is 0 Å². The Morgan fingerprint density at radius 2 is 1.83 bits per heavy atom. The van der Waals surface area contributed by atoms with Crippen LogP contribution in [0.15, 0.2) is 0 Å². The molecular formula is C16H32N4O3S. The summed E-state index contributed by atoms with van der Waals surface area (Å²) in [5, 5.41) is 6.33. The minimum atomic E-state index is -3.14. The van der Waals surface area contributed by atoms with Crippen molar-refractivity contribution in [3.63, 3.8) is 0 Å². The number of carbonyl (C=O) groups excluding carboxylic acids is 1. The van der Waals surface area contributed by atoms with Crippen molar-refractivity contribution in [1.29, 1.82) is 0 Å². The Balaban J connectivity index is 1.66. The van der Waals surface area contributed by atoms with Gasteiger partial charge in [0.1, 0.15) is 0 Å². The molecule has 0 unspecified atom stereocenters. The van der Waals surface area contributed by atoms with Gasteiger partial charge in [0, 0.05) is 58.3 Å². The molecule has 0 aromatic carbocycles. The van der Waals surface area contributed by atoms with Gasteiger partial charge in [-0.2, -0.15) is 0 Å². The number of carbonyl (C=O) groups is 1. The molecule has 2 N–H and O–H groups in total. The number of nitrogens with zero attached hydrogens (tertiary/aromatic N) is 2. The molecule has 2 rings (SSSR count). The molecule has 2 fully saturated rings. The molecule has 7 nitrogen and oxygen atoms in total. The van der Waals surface area contributed by atoms with Crippen molar-refractivity contribution in [2.24, 2.45) is 5.92 Å². The fourth-order valence-corrected chi connectivity index (χ4v) is 4.95. The number of piperidine rings is 1. The van der Waals surface area contributed by atoms with Crippen molar-refractivity contribution in [2.75, 3.05) is 58.1 Å². The number of piperazine rings is 1. The highest BCUT2D eigenvalue weighted by atomic mass is 32.2. The second-order valence-corrected chi connectivity index (χ2v) is 8.81. The summed E-state index contributed by atoms with van der Waals surface area (Å²) in [5.41, 5.74) is 0. The normalized spacial score (nSPS) is 21.7. The number of rotatable bonds is 8. The third kappa shape index (κ3) is 5.98. The Labute approximate surface area is 146 Å². The summed E-state index contributed by atoms with van der Waals surface area (Å²) in [6.07, 6.45) is 2.84. The topological polar surface area (TPSA) is 81.8 Å². The molecule has 140 valence electrons. The highest BCUT2D eigenvalue weighted by Crippen LogP contribution is 2.20. The van der Waals surface area contributed by atoms with E-state index in [1.54, 1.807) is 4.31 Å². The number of hydrogen-bond donors (Lipinski definition) is 2. The standard InChI is InChI=1S/C16H32N4O3S/c1-2-3-14-24(22,23)20-9-4-15(5-10-20)16(21)18-8-13-19-11-6-17-7-12-19/h15,17H,2-14H2,1H3,(H,18,21). The molecule has 0 spiro atoms. The molecule has 2 aliphatic rings. The predicted octanol–water partition coefficient (Wildman–Crippen LogP) is -0.150.